The van der Waals surface area contributed by atoms with Gasteiger partial charge in [-0.15, -0.1) is 0 Å². The summed E-state index contributed by atoms with van der Waals surface area (Å²) in [6.45, 7) is 10.2. The van der Waals surface area contributed by atoms with Crippen molar-refractivity contribution in [3.8, 4) is 0 Å². The van der Waals surface area contributed by atoms with E-state index < -0.39 is 0 Å². The van der Waals surface area contributed by atoms with E-state index in [0.717, 1.165) is 18.4 Å². The van der Waals surface area contributed by atoms with E-state index in [1.165, 1.54) is 38.5 Å². The van der Waals surface area contributed by atoms with Crippen LogP contribution in [0.2, 0.25) is 0 Å². The molecule has 2 atom stereocenters. The van der Waals surface area contributed by atoms with Gasteiger partial charge in [-0.1, -0.05) is 40.5 Å². The molecule has 1 aliphatic rings. The van der Waals surface area contributed by atoms with Gasteiger partial charge in [-0.2, -0.15) is 0 Å². The molecule has 0 spiro atoms. The summed E-state index contributed by atoms with van der Waals surface area (Å²) in [5.41, 5.74) is 6.47. The molecule has 2 heteroatoms. The van der Waals surface area contributed by atoms with Crippen LogP contribution >= 0.6 is 0 Å². The summed E-state index contributed by atoms with van der Waals surface area (Å²) in [5.74, 6) is 1.66. The molecule has 18 heavy (non-hydrogen) atoms. The zero-order valence-corrected chi connectivity index (χ0v) is 13.2. The summed E-state index contributed by atoms with van der Waals surface area (Å²) < 4.78 is 0. The number of hydrogen-bond acceptors (Lipinski definition) is 2. The summed E-state index contributed by atoms with van der Waals surface area (Å²) >= 11 is 0. The van der Waals surface area contributed by atoms with Crippen molar-refractivity contribution < 1.29 is 0 Å². The van der Waals surface area contributed by atoms with Crippen LogP contribution in [0.4, 0.5) is 0 Å². The molecule has 0 aromatic carbocycles. The minimum absolute atomic E-state index is 0.268. The molecule has 1 rings (SSSR count). The fraction of sp³-hybridized carbons (Fsp3) is 1.00. The molecular formula is C16H34N2. The van der Waals surface area contributed by atoms with Crippen LogP contribution in [-0.4, -0.2) is 30.1 Å². The highest BCUT2D eigenvalue weighted by Crippen LogP contribution is 2.40. The Morgan fingerprint density at radius 3 is 2.33 bits per heavy atom. The molecule has 2 N–H and O–H groups in total. The molecule has 1 aliphatic carbocycles. The Hall–Kier alpha value is -0.0800. The van der Waals surface area contributed by atoms with Crippen molar-refractivity contribution in [1.29, 1.82) is 0 Å². The molecule has 0 aliphatic heterocycles. The molecule has 0 bridgehead atoms. The van der Waals surface area contributed by atoms with Gasteiger partial charge in [0.05, 0.1) is 0 Å². The molecule has 2 unspecified atom stereocenters. The monoisotopic (exact) mass is 254 g/mol. The third kappa shape index (κ3) is 3.27. The Kier molecular flexibility index (Phi) is 6.13. The predicted molar refractivity (Wildman–Crippen MR) is 80.7 cm³/mol. The van der Waals surface area contributed by atoms with Crippen LogP contribution in [-0.2, 0) is 0 Å². The first-order chi connectivity index (χ1) is 8.50. The largest absolute Gasteiger partial charge is 0.329 e. The quantitative estimate of drug-likeness (QED) is 0.784. The highest BCUT2D eigenvalue weighted by Gasteiger charge is 2.40. The van der Waals surface area contributed by atoms with Gasteiger partial charge in [0, 0.05) is 18.1 Å². The van der Waals surface area contributed by atoms with Gasteiger partial charge < -0.3 is 5.73 Å². The molecule has 0 heterocycles. The highest BCUT2D eigenvalue weighted by molar-refractivity contribution is 4.97. The molecule has 0 aromatic rings. The standard InChI is InChI=1S/C16H34N2/c1-6-15(7-2)18(5)16(12-17)10-8-9-14(11-16)13(3)4/h13-15H,6-12,17H2,1-5H3. The van der Waals surface area contributed by atoms with Gasteiger partial charge in [-0.3, -0.25) is 4.90 Å². The first-order valence-electron chi connectivity index (χ1n) is 7.93. The van der Waals surface area contributed by atoms with E-state index in [9.17, 15) is 0 Å². The number of rotatable bonds is 6. The van der Waals surface area contributed by atoms with Crippen LogP contribution in [0.15, 0.2) is 0 Å². The van der Waals surface area contributed by atoms with E-state index in [0.29, 0.717) is 6.04 Å². The van der Waals surface area contributed by atoms with Crippen molar-refractivity contribution in [2.24, 2.45) is 17.6 Å². The van der Waals surface area contributed by atoms with Crippen LogP contribution < -0.4 is 5.73 Å². The van der Waals surface area contributed by atoms with Gasteiger partial charge in [-0.25, -0.2) is 0 Å². The number of likely N-dealkylation sites (N-methyl/N-ethyl adjacent to an activating group) is 1. The van der Waals surface area contributed by atoms with E-state index in [2.05, 4.69) is 39.6 Å². The lowest BCUT2D eigenvalue weighted by molar-refractivity contribution is 0.0122. The third-order valence-corrected chi connectivity index (χ3v) is 5.42. The van der Waals surface area contributed by atoms with Crippen molar-refractivity contribution >= 4 is 0 Å². The Morgan fingerprint density at radius 1 is 1.28 bits per heavy atom. The van der Waals surface area contributed by atoms with Crippen molar-refractivity contribution in [2.75, 3.05) is 13.6 Å². The number of hydrogen-bond donors (Lipinski definition) is 1. The van der Waals surface area contributed by atoms with Crippen LogP contribution in [0.5, 0.6) is 0 Å². The fourth-order valence-electron chi connectivity index (χ4n) is 3.83. The second kappa shape index (κ2) is 6.91. The summed E-state index contributed by atoms with van der Waals surface area (Å²) in [7, 11) is 2.31. The average molecular weight is 254 g/mol. The zero-order valence-electron chi connectivity index (χ0n) is 13.2. The van der Waals surface area contributed by atoms with E-state index >= 15 is 0 Å². The van der Waals surface area contributed by atoms with E-state index in [1.807, 2.05) is 0 Å². The summed E-state index contributed by atoms with van der Waals surface area (Å²) in [6.07, 6.45) is 7.82. The van der Waals surface area contributed by atoms with Gasteiger partial charge in [0.1, 0.15) is 0 Å². The lowest BCUT2D eigenvalue weighted by Gasteiger charge is -2.50. The molecule has 108 valence electrons. The maximum Gasteiger partial charge on any atom is 0.0334 e. The third-order valence-electron chi connectivity index (χ3n) is 5.42. The predicted octanol–water partition coefficient (Wildman–Crippen LogP) is 3.65. The van der Waals surface area contributed by atoms with Gasteiger partial charge in [-0.05, 0) is 44.6 Å². The van der Waals surface area contributed by atoms with E-state index in [1.54, 1.807) is 0 Å². The Morgan fingerprint density at radius 2 is 1.89 bits per heavy atom. The second-order valence-corrected chi connectivity index (χ2v) is 6.61. The normalized spacial score (nSPS) is 29.5. The van der Waals surface area contributed by atoms with Crippen molar-refractivity contribution in [2.45, 2.75) is 77.8 Å². The van der Waals surface area contributed by atoms with Crippen LogP contribution in [0.25, 0.3) is 0 Å². The Labute approximate surface area is 114 Å². The molecule has 2 nitrogen and oxygen atoms in total. The summed E-state index contributed by atoms with van der Waals surface area (Å²) in [4.78, 5) is 2.63. The maximum atomic E-state index is 6.21. The van der Waals surface area contributed by atoms with Crippen LogP contribution in [0, 0.1) is 11.8 Å². The molecule has 0 aromatic heterocycles. The zero-order chi connectivity index (χ0) is 13.8. The first-order valence-corrected chi connectivity index (χ1v) is 7.93. The molecule has 0 saturated heterocycles. The Bertz CT molecular complexity index is 235. The van der Waals surface area contributed by atoms with Crippen molar-refractivity contribution in [3.05, 3.63) is 0 Å². The minimum atomic E-state index is 0.268. The first kappa shape index (κ1) is 16.0. The van der Waals surface area contributed by atoms with E-state index in [4.69, 9.17) is 5.73 Å². The van der Waals surface area contributed by atoms with E-state index in [-0.39, 0.29) is 5.54 Å². The molecule has 0 amide bonds. The SMILES string of the molecule is CCC(CC)N(C)C1(CN)CCCC(C(C)C)C1. The minimum Gasteiger partial charge on any atom is -0.329 e. The van der Waals surface area contributed by atoms with Gasteiger partial charge in [0.25, 0.3) is 0 Å². The topological polar surface area (TPSA) is 29.3 Å². The molecule has 0 radical (unpaired) electrons. The van der Waals surface area contributed by atoms with Gasteiger partial charge in [0.15, 0.2) is 0 Å². The van der Waals surface area contributed by atoms with Crippen LogP contribution in [0.1, 0.15) is 66.2 Å². The van der Waals surface area contributed by atoms with Crippen molar-refractivity contribution in [3.63, 3.8) is 0 Å². The maximum absolute atomic E-state index is 6.21. The summed E-state index contributed by atoms with van der Waals surface area (Å²) in [5, 5.41) is 0. The van der Waals surface area contributed by atoms with Gasteiger partial charge in [0.2, 0.25) is 0 Å². The molecular weight excluding hydrogens is 220 g/mol. The van der Waals surface area contributed by atoms with Crippen molar-refractivity contribution in [1.82, 2.24) is 4.90 Å². The molecule has 1 saturated carbocycles. The van der Waals surface area contributed by atoms with Crippen LogP contribution in [0.3, 0.4) is 0 Å². The average Bonchev–Trinajstić information content (AvgIpc) is 2.39. The number of nitrogens with two attached hydrogens (primary N) is 1. The van der Waals surface area contributed by atoms with Gasteiger partial charge >= 0.3 is 0 Å². The fourth-order valence-corrected chi connectivity index (χ4v) is 3.83. The summed E-state index contributed by atoms with van der Waals surface area (Å²) in [6, 6.07) is 0.694. The smallest absolute Gasteiger partial charge is 0.0334 e. The number of nitrogens with zero attached hydrogens (tertiary/aromatic N) is 1. The lowest BCUT2D eigenvalue weighted by Crippen LogP contribution is -2.58. The molecule has 1 fully saturated rings. The highest BCUT2D eigenvalue weighted by atomic mass is 15.2. The lowest BCUT2D eigenvalue weighted by atomic mass is 9.70. The second-order valence-electron chi connectivity index (χ2n) is 6.61. The Balaban J connectivity index is 2.83.